The number of hydrogen-bond donors (Lipinski definition) is 1. The molecular weight excluding hydrogens is 392 g/mol. The Bertz CT molecular complexity index is 1070. The Labute approximate surface area is 182 Å². The lowest BCUT2D eigenvalue weighted by Gasteiger charge is -2.38. The molecule has 1 amide bonds. The van der Waals surface area contributed by atoms with Crippen LogP contribution in [0.1, 0.15) is 27.7 Å². The van der Waals surface area contributed by atoms with Crippen LogP contribution in [0.25, 0.3) is 0 Å². The summed E-state index contributed by atoms with van der Waals surface area (Å²) in [5, 5.41) is 3.52. The Balaban J connectivity index is 1.70. The van der Waals surface area contributed by atoms with Crippen LogP contribution in [-0.4, -0.2) is 38.7 Å². The molecule has 0 aliphatic carbocycles. The van der Waals surface area contributed by atoms with Crippen LogP contribution in [0.3, 0.4) is 0 Å². The first kappa shape index (κ1) is 20.6. The summed E-state index contributed by atoms with van der Waals surface area (Å²) in [5.74, 6) is 2.04. The number of ether oxygens (including phenoxy) is 3. The van der Waals surface area contributed by atoms with Gasteiger partial charge in [0, 0.05) is 17.8 Å². The molecule has 1 atom stereocenters. The zero-order chi connectivity index (χ0) is 21.8. The van der Waals surface area contributed by atoms with E-state index in [1.165, 1.54) is 0 Å². The van der Waals surface area contributed by atoms with Gasteiger partial charge in [-0.05, 0) is 42.3 Å². The first-order valence-corrected chi connectivity index (χ1v) is 10.2. The maximum Gasteiger partial charge on any atom is 0.257 e. The maximum atomic E-state index is 13.5. The molecule has 160 valence electrons. The number of benzene rings is 3. The molecule has 3 aromatic carbocycles. The highest BCUT2D eigenvalue weighted by Crippen LogP contribution is 2.40. The van der Waals surface area contributed by atoms with Crippen molar-refractivity contribution in [2.45, 2.75) is 12.6 Å². The summed E-state index contributed by atoms with van der Waals surface area (Å²) in [6.07, 6.45) is 0.327. The first-order valence-electron chi connectivity index (χ1n) is 10.2. The molecule has 6 heteroatoms. The predicted molar refractivity (Wildman–Crippen MR) is 120 cm³/mol. The SMILES string of the molecule is COc1ccc(CCN2C(=O)c3ccccc3N[C@@H]2c2cccc(OC)c2OC)cc1. The third-order valence-electron chi connectivity index (χ3n) is 5.55. The number of rotatable bonds is 7. The number of nitrogens with one attached hydrogen (secondary N) is 1. The summed E-state index contributed by atoms with van der Waals surface area (Å²) < 4.78 is 16.4. The van der Waals surface area contributed by atoms with E-state index in [0.717, 1.165) is 22.6 Å². The molecule has 1 N–H and O–H groups in total. The van der Waals surface area contributed by atoms with E-state index in [9.17, 15) is 4.79 Å². The number of carbonyl (C=O) groups is 1. The minimum Gasteiger partial charge on any atom is -0.497 e. The molecule has 0 saturated heterocycles. The van der Waals surface area contributed by atoms with Crippen LogP contribution in [0.15, 0.2) is 66.7 Å². The monoisotopic (exact) mass is 418 g/mol. The fraction of sp³-hybridized carbons (Fsp3) is 0.240. The fourth-order valence-corrected chi connectivity index (χ4v) is 3.94. The van der Waals surface area contributed by atoms with E-state index in [0.29, 0.717) is 30.0 Å². The first-order chi connectivity index (χ1) is 15.2. The van der Waals surface area contributed by atoms with Gasteiger partial charge >= 0.3 is 0 Å². The van der Waals surface area contributed by atoms with Crippen molar-refractivity contribution >= 4 is 11.6 Å². The van der Waals surface area contributed by atoms with Gasteiger partial charge in [0.1, 0.15) is 11.9 Å². The predicted octanol–water partition coefficient (Wildman–Crippen LogP) is 4.52. The number of anilines is 1. The van der Waals surface area contributed by atoms with E-state index in [1.54, 1.807) is 21.3 Å². The van der Waals surface area contributed by atoms with Crippen molar-refractivity contribution in [3.63, 3.8) is 0 Å². The molecule has 0 spiro atoms. The van der Waals surface area contributed by atoms with Crippen molar-refractivity contribution in [2.75, 3.05) is 33.2 Å². The van der Waals surface area contributed by atoms with Crippen LogP contribution >= 0.6 is 0 Å². The van der Waals surface area contributed by atoms with Gasteiger partial charge in [-0.3, -0.25) is 4.79 Å². The molecule has 1 heterocycles. The van der Waals surface area contributed by atoms with Crippen LogP contribution < -0.4 is 19.5 Å². The largest absolute Gasteiger partial charge is 0.497 e. The van der Waals surface area contributed by atoms with Crippen molar-refractivity contribution in [1.82, 2.24) is 4.90 Å². The van der Waals surface area contributed by atoms with Crippen LogP contribution in [0.4, 0.5) is 5.69 Å². The zero-order valence-electron chi connectivity index (χ0n) is 17.9. The highest BCUT2D eigenvalue weighted by molar-refractivity contribution is 6.01. The van der Waals surface area contributed by atoms with Gasteiger partial charge in [-0.1, -0.05) is 36.4 Å². The Kier molecular flexibility index (Phi) is 5.98. The van der Waals surface area contributed by atoms with E-state index >= 15 is 0 Å². The van der Waals surface area contributed by atoms with Crippen LogP contribution in [0.5, 0.6) is 17.2 Å². The van der Waals surface area contributed by atoms with Crippen molar-refractivity contribution < 1.29 is 19.0 Å². The van der Waals surface area contributed by atoms with Gasteiger partial charge in [-0.25, -0.2) is 0 Å². The molecule has 0 saturated carbocycles. The summed E-state index contributed by atoms with van der Waals surface area (Å²) in [6, 6.07) is 21.2. The number of para-hydroxylation sites is 2. The van der Waals surface area contributed by atoms with E-state index in [4.69, 9.17) is 14.2 Å². The summed E-state index contributed by atoms with van der Waals surface area (Å²) in [7, 11) is 4.87. The van der Waals surface area contributed by atoms with Gasteiger partial charge < -0.3 is 24.4 Å². The molecule has 1 aliphatic heterocycles. The number of hydrogen-bond acceptors (Lipinski definition) is 5. The molecular formula is C25H26N2O4. The lowest BCUT2D eigenvalue weighted by molar-refractivity contribution is 0.0683. The summed E-state index contributed by atoms with van der Waals surface area (Å²) in [5.41, 5.74) is 3.45. The van der Waals surface area contributed by atoms with Gasteiger partial charge in [-0.2, -0.15) is 0 Å². The third-order valence-corrected chi connectivity index (χ3v) is 5.55. The van der Waals surface area contributed by atoms with Crippen molar-refractivity contribution in [1.29, 1.82) is 0 Å². The second-order valence-corrected chi connectivity index (χ2v) is 7.27. The number of fused-ring (bicyclic) bond motifs is 1. The number of carbonyl (C=O) groups excluding carboxylic acids is 1. The zero-order valence-corrected chi connectivity index (χ0v) is 17.9. The molecule has 0 fully saturated rings. The Morgan fingerprint density at radius 3 is 2.35 bits per heavy atom. The smallest absolute Gasteiger partial charge is 0.257 e. The van der Waals surface area contributed by atoms with E-state index in [-0.39, 0.29) is 12.1 Å². The Morgan fingerprint density at radius 1 is 0.871 bits per heavy atom. The summed E-state index contributed by atoms with van der Waals surface area (Å²) in [4.78, 5) is 15.3. The Morgan fingerprint density at radius 2 is 1.65 bits per heavy atom. The van der Waals surface area contributed by atoms with Crippen LogP contribution in [0.2, 0.25) is 0 Å². The van der Waals surface area contributed by atoms with Gasteiger partial charge in [0.2, 0.25) is 0 Å². The number of methoxy groups -OCH3 is 3. The second kappa shape index (κ2) is 9.00. The van der Waals surface area contributed by atoms with Gasteiger partial charge in [0.15, 0.2) is 11.5 Å². The molecule has 0 radical (unpaired) electrons. The van der Waals surface area contributed by atoms with Crippen molar-refractivity contribution in [3.8, 4) is 17.2 Å². The van der Waals surface area contributed by atoms with Crippen LogP contribution in [-0.2, 0) is 6.42 Å². The fourth-order valence-electron chi connectivity index (χ4n) is 3.94. The van der Waals surface area contributed by atoms with Crippen LogP contribution in [0, 0.1) is 0 Å². The quantitative estimate of drug-likeness (QED) is 0.611. The lowest BCUT2D eigenvalue weighted by Crippen LogP contribution is -2.44. The van der Waals surface area contributed by atoms with Crippen molar-refractivity contribution in [2.24, 2.45) is 0 Å². The minimum atomic E-state index is -0.384. The van der Waals surface area contributed by atoms with E-state index in [2.05, 4.69) is 5.32 Å². The molecule has 0 unspecified atom stereocenters. The van der Waals surface area contributed by atoms with Gasteiger partial charge in [0.05, 0.1) is 26.9 Å². The molecule has 3 aromatic rings. The average molecular weight is 418 g/mol. The molecule has 4 rings (SSSR count). The Hall–Kier alpha value is -3.67. The molecule has 6 nitrogen and oxygen atoms in total. The second-order valence-electron chi connectivity index (χ2n) is 7.27. The maximum absolute atomic E-state index is 13.5. The summed E-state index contributed by atoms with van der Waals surface area (Å²) >= 11 is 0. The molecule has 0 bridgehead atoms. The van der Waals surface area contributed by atoms with Gasteiger partial charge in [0.25, 0.3) is 5.91 Å². The standard InChI is InChI=1S/C25H26N2O4/c1-29-18-13-11-17(12-14-18)15-16-27-24(20-8-6-10-22(30-2)23(20)31-3)26-21-9-5-4-7-19(21)25(27)28/h4-14,24,26H,15-16H2,1-3H3/t24-/m0/s1. The highest BCUT2D eigenvalue weighted by Gasteiger charge is 2.34. The average Bonchev–Trinajstić information content (AvgIpc) is 2.83. The highest BCUT2D eigenvalue weighted by atomic mass is 16.5. The number of nitrogens with zero attached hydrogens (tertiary/aromatic N) is 1. The molecule has 1 aliphatic rings. The molecule has 0 aromatic heterocycles. The van der Waals surface area contributed by atoms with Gasteiger partial charge in [-0.15, -0.1) is 0 Å². The molecule has 31 heavy (non-hydrogen) atoms. The van der Waals surface area contributed by atoms with E-state index in [1.807, 2.05) is 71.6 Å². The van der Waals surface area contributed by atoms with Crippen molar-refractivity contribution in [3.05, 3.63) is 83.4 Å². The third kappa shape index (κ3) is 4.01. The topological polar surface area (TPSA) is 60.0 Å². The minimum absolute atomic E-state index is 0.0160. The number of amides is 1. The van der Waals surface area contributed by atoms with E-state index < -0.39 is 0 Å². The summed E-state index contributed by atoms with van der Waals surface area (Å²) in [6.45, 7) is 0.539. The normalized spacial score (nSPS) is 15.1. The lowest BCUT2D eigenvalue weighted by atomic mass is 10.0.